The smallest absolute Gasteiger partial charge is 0.217 e. The van der Waals surface area contributed by atoms with Gasteiger partial charge in [-0.3, -0.25) is 9.59 Å². The number of carbonyl (C=O) groups excluding carboxylic acids is 2. The Morgan fingerprint density at radius 1 is 1.16 bits per heavy atom. The number of nitrogens with two attached hydrogens (primary N) is 1. The molecule has 2 rings (SSSR count). The lowest BCUT2D eigenvalue weighted by molar-refractivity contribution is -0.118. The quantitative estimate of drug-likeness (QED) is 0.605. The van der Waals surface area contributed by atoms with Crippen molar-refractivity contribution in [2.24, 2.45) is 12.8 Å². The fraction of sp³-hybridized carbons (Fsp3) is 0.444. The van der Waals surface area contributed by atoms with Gasteiger partial charge in [0.05, 0.1) is 5.75 Å². The van der Waals surface area contributed by atoms with Crippen LogP contribution >= 0.6 is 11.8 Å². The second-order valence-electron chi connectivity index (χ2n) is 6.96. The molecule has 0 unspecified atom stereocenters. The van der Waals surface area contributed by atoms with E-state index in [1.807, 2.05) is 31.3 Å². The summed E-state index contributed by atoms with van der Waals surface area (Å²) < 4.78 is 1.80. The number of carbonyl (C=O) groups is 2. The number of nitrogens with zero attached hydrogens (tertiary/aromatic N) is 3. The summed E-state index contributed by atoms with van der Waals surface area (Å²) in [6.07, 6.45) is 0.678. The minimum atomic E-state index is -0.369. The zero-order valence-electron chi connectivity index (χ0n) is 15.1. The SMILES string of the molecule is Cn1c(CCC(N)=O)nnc1SCC(=O)c1ccc(C(C)(C)C)cc1. The van der Waals surface area contributed by atoms with Crippen LogP contribution in [0.15, 0.2) is 29.4 Å². The molecule has 0 bridgehead atoms. The number of primary amides is 1. The monoisotopic (exact) mass is 360 g/mol. The van der Waals surface area contributed by atoms with Crippen LogP contribution in [0.25, 0.3) is 0 Å². The Balaban J connectivity index is 1.97. The largest absolute Gasteiger partial charge is 0.370 e. The molecule has 0 aliphatic heterocycles. The molecular weight excluding hydrogens is 336 g/mol. The maximum Gasteiger partial charge on any atom is 0.217 e. The van der Waals surface area contributed by atoms with Crippen molar-refractivity contribution in [2.75, 3.05) is 5.75 Å². The van der Waals surface area contributed by atoms with Gasteiger partial charge in [-0.1, -0.05) is 56.8 Å². The van der Waals surface area contributed by atoms with Gasteiger partial charge in [0, 0.05) is 25.5 Å². The van der Waals surface area contributed by atoms with E-state index in [2.05, 4.69) is 31.0 Å². The molecule has 0 aliphatic rings. The second kappa shape index (κ2) is 7.82. The van der Waals surface area contributed by atoms with Gasteiger partial charge in [0.1, 0.15) is 5.82 Å². The number of hydrogen-bond acceptors (Lipinski definition) is 5. The summed E-state index contributed by atoms with van der Waals surface area (Å²) in [5.41, 5.74) is 7.11. The topological polar surface area (TPSA) is 90.9 Å². The van der Waals surface area contributed by atoms with Gasteiger partial charge in [-0.2, -0.15) is 0 Å². The summed E-state index contributed by atoms with van der Waals surface area (Å²) in [4.78, 5) is 23.2. The maximum atomic E-state index is 12.4. The lowest BCUT2D eigenvalue weighted by Crippen LogP contribution is -2.13. The normalized spacial score (nSPS) is 11.5. The molecule has 0 aliphatic carbocycles. The van der Waals surface area contributed by atoms with E-state index >= 15 is 0 Å². The summed E-state index contributed by atoms with van der Waals surface area (Å²) in [6.45, 7) is 6.43. The van der Waals surface area contributed by atoms with Crippen molar-refractivity contribution in [1.29, 1.82) is 0 Å². The maximum absolute atomic E-state index is 12.4. The molecule has 0 saturated heterocycles. The van der Waals surface area contributed by atoms with Gasteiger partial charge < -0.3 is 10.3 Å². The van der Waals surface area contributed by atoms with Crippen molar-refractivity contribution in [3.63, 3.8) is 0 Å². The summed E-state index contributed by atoms with van der Waals surface area (Å²) >= 11 is 1.34. The molecule has 0 spiro atoms. The van der Waals surface area contributed by atoms with Gasteiger partial charge >= 0.3 is 0 Å². The highest BCUT2D eigenvalue weighted by Crippen LogP contribution is 2.23. The Morgan fingerprint density at radius 2 is 1.80 bits per heavy atom. The van der Waals surface area contributed by atoms with E-state index in [-0.39, 0.29) is 29.3 Å². The molecule has 0 atom stereocenters. The van der Waals surface area contributed by atoms with Crippen LogP contribution in [0.1, 0.15) is 48.9 Å². The molecule has 1 aromatic carbocycles. The number of hydrogen-bond donors (Lipinski definition) is 1. The van der Waals surface area contributed by atoms with Crippen molar-refractivity contribution >= 4 is 23.5 Å². The third kappa shape index (κ3) is 5.16. The molecule has 7 heteroatoms. The second-order valence-corrected chi connectivity index (χ2v) is 7.91. The summed E-state index contributed by atoms with van der Waals surface area (Å²) in [5.74, 6) is 0.651. The molecule has 1 aromatic heterocycles. The van der Waals surface area contributed by atoms with Crippen LogP contribution in [0.4, 0.5) is 0 Å². The Bertz CT molecular complexity index is 760. The fourth-order valence-corrected chi connectivity index (χ4v) is 3.12. The van der Waals surface area contributed by atoms with Gasteiger partial charge in [0.25, 0.3) is 0 Å². The molecule has 1 amide bonds. The first-order valence-corrected chi connectivity index (χ1v) is 9.10. The van der Waals surface area contributed by atoms with E-state index in [0.717, 1.165) is 0 Å². The van der Waals surface area contributed by atoms with Gasteiger partial charge in [0.15, 0.2) is 10.9 Å². The lowest BCUT2D eigenvalue weighted by Gasteiger charge is -2.18. The van der Waals surface area contributed by atoms with E-state index in [1.54, 1.807) is 4.57 Å². The van der Waals surface area contributed by atoms with Gasteiger partial charge in [0.2, 0.25) is 5.91 Å². The zero-order chi connectivity index (χ0) is 18.6. The number of rotatable bonds is 7. The molecule has 0 saturated carbocycles. The minimum Gasteiger partial charge on any atom is -0.370 e. The lowest BCUT2D eigenvalue weighted by atomic mass is 9.86. The molecule has 134 valence electrons. The number of Topliss-reactive ketones (excluding diaryl/α,β-unsaturated/α-hetero) is 1. The third-order valence-electron chi connectivity index (χ3n) is 3.93. The molecule has 6 nitrogen and oxygen atoms in total. The molecule has 2 N–H and O–H groups in total. The van der Waals surface area contributed by atoms with Crippen molar-refractivity contribution in [3.05, 3.63) is 41.2 Å². The predicted molar refractivity (Wildman–Crippen MR) is 98.7 cm³/mol. The summed E-state index contributed by atoms with van der Waals surface area (Å²) in [7, 11) is 1.82. The zero-order valence-corrected chi connectivity index (χ0v) is 15.9. The Kier molecular flexibility index (Phi) is 6.00. The standard InChI is InChI=1S/C18H24N4O2S/c1-18(2,3)13-7-5-12(6-8-13)14(23)11-25-17-21-20-16(22(17)4)10-9-15(19)24/h5-8H,9-11H2,1-4H3,(H2,19,24). The van der Waals surface area contributed by atoms with E-state index in [1.165, 1.54) is 17.3 Å². The third-order valence-corrected chi connectivity index (χ3v) is 4.95. The van der Waals surface area contributed by atoms with Crippen molar-refractivity contribution in [1.82, 2.24) is 14.8 Å². The molecule has 2 aromatic rings. The summed E-state index contributed by atoms with van der Waals surface area (Å²) in [5, 5.41) is 8.78. The first kappa shape index (κ1) is 19.2. The van der Waals surface area contributed by atoms with Gasteiger partial charge in [-0.25, -0.2) is 0 Å². The van der Waals surface area contributed by atoms with Crippen molar-refractivity contribution in [2.45, 2.75) is 44.2 Å². The number of ketones is 1. The number of thioether (sulfide) groups is 1. The Morgan fingerprint density at radius 3 is 2.36 bits per heavy atom. The van der Waals surface area contributed by atoms with Crippen LogP contribution in [0.3, 0.4) is 0 Å². The number of benzene rings is 1. The highest BCUT2D eigenvalue weighted by atomic mass is 32.2. The Hall–Kier alpha value is -2.15. The van der Waals surface area contributed by atoms with E-state index in [0.29, 0.717) is 23.0 Å². The summed E-state index contributed by atoms with van der Waals surface area (Å²) in [6, 6.07) is 7.75. The van der Waals surface area contributed by atoms with Crippen molar-refractivity contribution in [3.8, 4) is 0 Å². The first-order valence-electron chi connectivity index (χ1n) is 8.11. The Labute approximate surface area is 152 Å². The number of aromatic nitrogens is 3. The van der Waals surface area contributed by atoms with Crippen molar-refractivity contribution < 1.29 is 9.59 Å². The average molecular weight is 360 g/mol. The van der Waals surface area contributed by atoms with Gasteiger partial charge in [-0.15, -0.1) is 10.2 Å². The number of aryl methyl sites for hydroxylation is 1. The molecule has 25 heavy (non-hydrogen) atoms. The number of amides is 1. The molecule has 0 radical (unpaired) electrons. The van der Waals surface area contributed by atoms with Crippen LogP contribution < -0.4 is 5.73 Å². The van der Waals surface area contributed by atoms with Crippen LogP contribution in [-0.2, 0) is 23.7 Å². The molecule has 1 heterocycles. The highest BCUT2D eigenvalue weighted by Gasteiger charge is 2.16. The predicted octanol–water partition coefficient (Wildman–Crippen LogP) is 2.51. The minimum absolute atomic E-state index is 0.0483. The average Bonchev–Trinajstić information content (AvgIpc) is 2.90. The van der Waals surface area contributed by atoms with Crippen LogP contribution in [0.2, 0.25) is 0 Å². The van der Waals surface area contributed by atoms with Crippen LogP contribution in [0.5, 0.6) is 0 Å². The fourth-order valence-electron chi connectivity index (χ4n) is 2.29. The van der Waals surface area contributed by atoms with E-state index in [4.69, 9.17) is 5.73 Å². The van der Waals surface area contributed by atoms with Crippen LogP contribution in [-0.4, -0.2) is 32.2 Å². The molecule has 0 fully saturated rings. The van der Waals surface area contributed by atoms with E-state index in [9.17, 15) is 9.59 Å². The highest BCUT2D eigenvalue weighted by molar-refractivity contribution is 7.99. The van der Waals surface area contributed by atoms with Crippen LogP contribution in [0, 0.1) is 0 Å². The van der Waals surface area contributed by atoms with Gasteiger partial charge in [-0.05, 0) is 11.0 Å². The van der Waals surface area contributed by atoms with E-state index < -0.39 is 0 Å². The molecular formula is C18H24N4O2S. The first-order chi connectivity index (χ1) is 11.7.